The van der Waals surface area contributed by atoms with Crippen molar-refractivity contribution in [3.05, 3.63) is 53.6 Å². The minimum absolute atomic E-state index is 0.310. The maximum absolute atomic E-state index is 9.28. The van der Waals surface area contributed by atoms with Gasteiger partial charge >= 0.3 is 0 Å². The van der Waals surface area contributed by atoms with Gasteiger partial charge in [0.2, 0.25) is 0 Å². The molecule has 92 valence electrons. The Morgan fingerprint density at radius 3 is 2.67 bits per heavy atom. The number of rotatable bonds is 2. The van der Waals surface area contributed by atoms with E-state index < -0.39 is 0 Å². The number of hydrogen-bond acceptors (Lipinski definition) is 3. The van der Waals surface area contributed by atoms with Gasteiger partial charge in [-0.2, -0.15) is 0 Å². The monoisotopic (exact) mass is 240 g/mol. The van der Waals surface area contributed by atoms with Crippen molar-refractivity contribution in [3.8, 4) is 5.75 Å². The first kappa shape index (κ1) is 11.0. The molecule has 1 aliphatic rings. The molecule has 1 aliphatic heterocycles. The Bertz CT molecular complexity index is 563. The van der Waals surface area contributed by atoms with Crippen LogP contribution >= 0.6 is 0 Å². The van der Waals surface area contributed by atoms with Crippen molar-refractivity contribution in [2.45, 2.75) is 13.0 Å². The van der Waals surface area contributed by atoms with E-state index in [9.17, 15) is 5.11 Å². The lowest BCUT2D eigenvalue weighted by Crippen LogP contribution is -2.19. The van der Waals surface area contributed by atoms with Gasteiger partial charge in [-0.25, -0.2) is 0 Å². The van der Waals surface area contributed by atoms with Gasteiger partial charge in [0.05, 0.1) is 0 Å². The van der Waals surface area contributed by atoms with Crippen molar-refractivity contribution < 1.29 is 5.11 Å². The van der Waals surface area contributed by atoms with Crippen LogP contribution in [0.15, 0.2) is 42.5 Å². The van der Waals surface area contributed by atoms with Crippen LogP contribution in [0.1, 0.15) is 11.1 Å². The average Bonchev–Trinajstić information content (AvgIpc) is 2.75. The molecule has 3 nitrogen and oxygen atoms in total. The smallest absolute Gasteiger partial charge is 0.115 e. The number of anilines is 2. The lowest BCUT2D eigenvalue weighted by Gasteiger charge is -2.19. The Kier molecular flexibility index (Phi) is 2.59. The Balaban J connectivity index is 1.84. The molecule has 0 bridgehead atoms. The predicted octanol–water partition coefficient (Wildman–Crippen LogP) is 2.54. The summed E-state index contributed by atoms with van der Waals surface area (Å²) < 4.78 is 0. The molecule has 1 heterocycles. The number of nitrogen functional groups attached to an aromatic ring is 1. The molecule has 0 fully saturated rings. The molecule has 2 aromatic rings. The van der Waals surface area contributed by atoms with Crippen molar-refractivity contribution in [1.29, 1.82) is 0 Å². The zero-order chi connectivity index (χ0) is 12.5. The van der Waals surface area contributed by atoms with Gasteiger partial charge in [0.25, 0.3) is 0 Å². The first-order valence-corrected chi connectivity index (χ1v) is 6.13. The standard InChI is InChI=1S/C15H16N2O/c16-13-4-3-12-7-8-17(15(12)9-13)10-11-1-5-14(18)6-2-11/h1-6,9,18H,7-8,10,16H2. The zero-order valence-corrected chi connectivity index (χ0v) is 10.1. The molecule has 3 rings (SSSR count). The highest BCUT2D eigenvalue weighted by atomic mass is 16.3. The predicted molar refractivity (Wildman–Crippen MR) is 73.7 cm³/mol. The Hall–Kier alpha value is -2.16. The fourth-order valence-electron chi connectivity index (χ4n) is 2.45. The Morgan fingerprint density at radius 1 is 1.11 bits per heavy atom. The third kappa shape index (κ3) is 1.99. The largest absolute Gasteiger partial charge is 0.508 e. The van der Waals surface area contributed by atoms with Crippen molar-refractivity contribution in [2.24, 2.45) is 0 Å². The van der Waals surface area contributed by atoms with Crippen molar-refractivity contribution in [1.82, 2.24) is 0 Å². The molecule has 0 spiro atoms. The van der Waals surface area contributed by atoms with Crippen LogP contribution in [-0.4, -0.2) is 11.7 Å². The number of aromatic hydroxyl groups is 1. The molecule has 0 aromatic heterocycles. The summed E-state index contributed by atoms with van der Waals surface area (Å²) in [5, 5.41) is 9.28. The van der Waals surface area contributed by atoms with Crippen LogP contribution in [0.25, 0.3) is 0 Å². The molecule has 18 heavy (non-hydrogen) atoms. The summed E-state index contributed by atoms with van der Waals surface area (Å²) in [6.45, 7) is 1.89. The Labute approximate surface area is 106 Å². The van der Waals surface area contributed by atoms with Crippen LogP contribution in [0.3, 0.4) is 0 Å². The molecule has 0 atom stereocenters. The van der Waals surface area contributed by atoms with E-state index >= 15 is 0 Å². The summed E-state index contributed by atoms with van der Waals surface area (Å²) in [5.41, 5.74) is 10.5. The van der Waals surface area contributed by atoms with Gasteiger partial charge in [0.1, 0.15) is 5.75 Å². The first-order valence-electron chi connectivity index (χ1n) is 6.13. The van der Waals surface area contributed by atoms with Crippen LogP contribution in [-0.2, 0) is 13.0 Å². The number of nitrogens with two attached hydrogens (primary N) is 1. The maximum atomic E-state index is 9.28. The zero-order valence-electron chi connectivity index (χ0n) is 10.1. The van der Waals surface area contributed by atoms with Crippen molar-refractivity contribution in [3.63, 3.8) is 0 Å². The van der Waals surface area contributed by atoms with Gasteiger partial charge in [-0.05, 0) is 41.8 Å². The molecule has 0 radical (unpaired) electrons. The number of phenolic OH excluding ortho intramolecular Hbond substituents is 1. The van der Waals surface area contributed by atoms with Crippen LogP contribution in [0, 0.1) is 0 Å². The second-order valence-electron chi connectivity index (χ2n) is 4.73. The van der Waals surface area contributed by atoms with E-state index in [1.54, 1.807) is 12.1 Å². The van der Waals surface area contributed by atoms with Gasteiger partial charge in [-0.15, -0.1) is 0 Å². The second-order valence-corrected chi connectivity index (χ2v) is 4.73. The van der Waals surface area contributed by atoms with E-state index in [0.717, 1.165) is 25.2 Å². The fourth-order valence-corrected chi connectivity index (χ4v) is 2.45. The average molecular weight is 240 g/mol. The van der Waals surface area contributed by atoms with Crippen LogP contribution in [0.4, 0.5) is 11.4 Å². The van der Waals surface area contributed by atoms with Gasteiger partial charge in [-0.3, -0.25) is 0 Å². The van der Waals surface area contributed by atoms with E-state index in [0.29, 0.717) is 5.75 Å². The van der Waals surface area contributed by atoms with Crippen LogP contribution in [0.2, 0.25) is 0 Å². The maximum Gasteiger partial charge on any atom is 0.115 e. The number of nitrogens with zero attached hydrogens (tertiary/aromatic N) is 1. The fraction of sp³-hybridized carbons (Fsp3) is 0.200. The quantitative estimate of drug-likeness (QED) is 0.793. The Morgan fingerprint density at radius 2 is 1.89 bits per heavy atom. The summed E-state index contributed by atoms with van der Waals surface area (Å²) >= 11 is 0. The van der Waals surface area contributed by atoms with Crippen LogP contribution in [0.5, 0.6) is 5.75 Å². The van der Waals surface area contributed by atoms with Crippen LogP contribution < -0.4 is 10.6 Å². The molecule has 3 heteroatoms. The molecule has 0 unspecified atom stereocenters. The van der Waals surface area contributed by atoms with Gasteiger partial charge in [0.15, 0.2) is 0 Å². The topological polar surface area (TPSA) is 49.5 Å². The molecule has 0 saturated heterocycles. The molecule has 2 aromatic carbocycles. The summed E-state index contributed by atoms with van der Waals surface area (Å²) in [5.74, 6) is 0.310. The molecule has 0 saturated carbocycles. The third-order valence-corrected chi connectivity index (χ3v) is 3.41. The van der Waals surface area contributed by atoms with Gasteiger partial charge < -0.3 is 15.7 Å². The van der Waals surface area contributed by atoms with E-state index in [2.05, 4.69) is 11.0 Å². The molecular weight excluding hydrogens is 224 g/mol. The van der Waals surface area contributed by atoms with Gasteiger partial charge in [0, 0.05) is 24.5 Å². The highest BCUT2D eigenvalue weighted by molar-refractivity contribution is 5.64. The van der Waals surface area contributed by atoms with Gasteiger partial charge in [-0.1, -0.05) is 18.2 Å². The molecular formula is C15H16N2O. The molecule has 0 amide bonds. The summed E-state index contributed by atoms with van der Waals surface area (Å²) in [7, 11) is 0. The lowest BCUT2D eigenvalue weighted by molar-refractivity contribution is 0.475. The highest BCUT2D eigenvalue weighted by Gasteiger charge is 2.18. The van der Waals surface area contributed by atoms with E-state index in [1.165, 1.54) is 16.8 Å². The normalized spacial score (nSPS) is 13.7. The number of phenols is 1. The SMILES string of the molecule is Nc1ccc2c(c1)N(Cc1ccc(O)cc1)CC2. The number of hydrogen-bond donors (Lipinski definition) is 2. The number of fused-ring (bicyclic) bond motifs is 1. The first-order chi connectivity index (χ1) is 8.72. The summed E-state index contributed by atoms with van der Waals surface area (Å²) in [4.78, 5) is 2.33. The minimum atomic E-state index is 0.310. The minimum Gasteiger partial charge on any atom is -0.508 e. The van der Waals surface area contributed by atoms with E-state index in [4.69, 9.17) is 5.73 Å². The molecule has 0 aliphatic carbocycles. The van der Waals surface area contributed by atoms with Crippen molar-refractivity contribution in [2.75, 3.05) is 17.2 Å². The van der Waals surface area contributed by atoms with E-state index in [1.807, 2.05) is 24.3 Å². The highest BCUT2D eigenvalue weighted by Crippen LogP contribution is 2.31. The summed E-state index contributed by atoms with van der Waals surface area (Å²) in [6.07, 6.45) is 1.08. The molecule has 3 N–H and O–H groups in total. The third-order valence-electron chi connectivity index (χ3n) is 3.41. The van der Waals surface area contributed by atoms with E-state index in [-0.39, 0.29) is 0 Å². The summed E-state index contributed by atoms with van der Waals surface area (Å²) in [6, 6.07) is 13.5. The lowest BCUT2D eigenvalue weighted by atomic mass is 10.1. The number of benzene rings is 2. The second kappa shape index (κ2) is 4.26. The van der Waals surface area contributed by atoms with Crippen molar-refractivity contribution >= 4 is 11.4 Å².